The number of rotatable bonds is 5. The highest BCUT2D eigenvalue weighted by molar-refractivity contribution is 5.91. The topological polar surface area (TPSA) is 90.0 Å². The Morgan fingerprint density at radius 1 is 1.42 bits per heavy atom. The van der Waals surface area contributed by atoms with Crippen LogP contribution in [0.5, 0.6) is 5.88 Å². The van der Waals surface area contributed by atoms with Crippen LogP contribution < -0.4 is 10.1 Å². The van der Waals surface area contributed by atoms with Crippen molar-refractivity contribution >= 4 is 17.5 Å². The van der Waals surface area contributed by atoms with E-state index >= 15 is 0 Å². The number of nitrogens with one attached hydrogen (secondary N) is 1. The molecule has 2 amide bonds. The molecule has 2 rings (SSSR count). The molecule has 0 aliphatic carbocycles. The molecule has 132 valence electrons. The number of hydrogen-bond donors (Lipinski definition) is 1. The smallest absolute Gasteiger partial charge is 0.227 e. The maximum absolute atomic E-state index is 12.4. The minimum Gasteiger partial charge on any atom is -0.481 e. The van der Waals surface area contributed by atoms with Gasteiger partial charge in [0.05, 0.1) is 45.2 Å². The Morgan fingerprint density at radius 2 is 2.21 bits per heavy atom. The molecule has 1 atom stereocenters. The van der Waals surface area contributed by atoms with E-state index in [0.717, 1.165) is 0 Å². The number of pyridine rings is 1. The molecule has 0 spiro atoms. The first-order valence-corrected chi connectivity index (χ1v) is 7.66. The third-order valence-electron chi connectivity index (χ3n) is 3.94. The van der Waals surface area contributed by atoms with Gasteiger partial charge in [-0.2, -0.15) is 0 Å². The molecule has 1 saturated heterocycles. The average Bonchev–Trinajstić information content (AvgIpc) is 2.79. The Morgan fingerprint density at radius 3 is 2.79 bits per heavy atom. The molecule has 1 aliphatic rings. The summed E-state index contributed by atoms with van der Waals surface area (Å²) in [5, 5.41) is 2.77. The van der Waals surface area contributed by atoms with Crippen LogP contribution in [0.25, 0.3) is 0 Å². The number of aromatic nitrogens is 1. The van der Waals surface area contributed by atoms with Gasteiger partial charge in [-0.15, -0.1) is 0 Å². The fraction of sp³-hybridized carbons (Fsp3) is 0.562. The van der Waals surface area contributed by atoms with Crippen molar-refractivity contribution in [2.45, 2.75) is 18.9 Å². The number of carbonyl (C=O) groups excluding carboxylic acids is 2. The summed E-state index contributed by atoms with van der Waals surface area (Å²) in [4.78, 5) is 29.7. The molecule has 1 aromatic rings. The van der Waals surface area contributed by atoms with Gasteiger partial charge < -0.3 is 24.4 Å². The second kappa shape index (κ2) is 8.07. The van der Waals surface area contributed by atoms with Crippen molar-refractivity contribution in [3.05, 3.63) is 18.3 Å². The zero-order valence-electron chi connectivity index (χ0n) is 14.2. The van der Waals surface area contributed by atoms with E-state index in [2.05, 4.69) is 10.3 Å². The van der Waals surface area contributed by atoms with Crippen LogP contribution in [0.1, 0.15) is 13.3 Å². The minimum absolute atomic E-state index is 0.0679. The van der Waals surface area contributed by atoms with E-state index in [1.807, 2.05) is 0 Å². The molecular weight excluding hydrogens is 314 g/mol. The molecule has 0 unspecified atom stereocenters. The molecule has 0 saturated carbocycles. The molecule has 8 nitrogen and oxygen atoms in total. The molecule has 1 aliphatic heterocycles. The van der Waals surface area contributed by atoms with Crippen molar-refractivity contribution < 1.29 is 23.8 Å². The van der Waals surface area contributed by atoms with E-state index in [4.69, 9.17) is 14.2 Å². The van der Waals surface area contributed by atoms with Crippen LogP contribution >= 0.6 is 0 Å². The number of nitrogens with zero attached hydrogens (tertiary/aromatic N) is 2. The highest BCUT2D eigenvalue weighted by Crippen LogP contribution is 2.22. The molecule has 1 N–H and O–H groups in total. The highest BCUT2D eigenvalue weighted by Gasteiger charge is 2.38. The lowest BCUT2D eigenvalue weighted by Crippen LogP contribution is -2.49. The summed E-state index contributed by atoms with van der Waals surface area (Å²) in [7, 11) is 3.05. The lowest BCUT2D eigenvalue weighted by Gasteiger charge is -2.33. The molecule has 0 radical (unpaired) electrons. The fourth-order valence-corrected chi connectivity index (χ4v) is 2.55. The van der Waals surface area contributed by atoms with Gasteiger partial charge in [0.25, 0.3) is 0 Å². The van der Waals surface area contributed by atoms with Crippen LogP contribution in [0.4, 0.5) is 5.69 Å². The molecule has 0 bridgehead atoms. The highest BCUT2D eigenvalue weighted by atomic mass is 16.5. The van der Waals surface area contributed by atoms with Gasteiger partial charge in [0.15, 0.2) is 0 Å². The van der Waals surface area contributed by atoms with Crippen molar-refractivity contribution in [2.75, 3.05) is 45.8 Å². The van der Waals surface area contributed by atoms with Crippen molar-refractivity contribution in [3.63, 3.8) is 0 Å². The molecular formula is C16H23N3O5. The molecule has 8 heteroatoms. The van der Waals surface area contributed by atoms with E-state index < -0.39 is 5.60 Å². The van der Waals surface area contributed by atoms with Crippen molar-refractivity contribution in [3.8, 4) is 5.88 Å². The zero-order valence-corrected chi connectivity index (χ0v) is 14.2. The maximum atomic E-state index is 12.4. The standard InChI is InChI=1S/C16H23N3O5/c1-12(20)19-6-7-24-11-16(10-19,23-3)8-14(21)18-13-4-5-15(22-2)17-9-13/h4-5,9H,6-8,10-11H2,1-3H3,(H,18,21)/t16-/m0/s1. The number of methoxy groups -OCH3 is 2. The van der Waals surface area contributed by atoms with Crippen LogP contribution in [0.3, 0.4) is 0 Å². The Kier molecular flexibility index (Phi) is 6.10. The van der Waals surface area contributed by atoms with Gasteiger partial charge in [-0.25, -0.2) is 4.98 Å². The van der Waals surface area contributed by atoms with Gasteiger partial charge in [0, 0.05) is 26.6 Å². The van der Waals surface area contributed by atoms with Crippen LogP contribution in [-0.2, 0) is 19.1 Å². The normalized spacial score (nSPS) is 21.0. The monoisotopic (exact) mass is 337 g/mol. The summed E-state index contributed by atoms with van der Waals surface area (Å²) in [5.74, 6) is 0.162. The van der Waals surface area contributed by atoms with Crippen LogP contribution in [0, 0.1) is 0 Å². The summed E-state index contributed by atoms with van der Waals surface area (Å²) in [6, 6.07) is 3.36. The van der Waals surface area contributed by atoms with Gasteiger partial charge in [0.2, 0.25) is 17.7 Å². The molecule has 2 heterocycles. The second-order valence-electron chi connectivity index (χ2n) is 5.69. The van der Waals surface area contributed by atoms with Gasteiger partial charge in [0.1, 0.15) is 5.60 Å². The minimum atomic E-state index is -0.869. The van der Waals surface area contributed by atoms with E-state index in [9.17, 15) is 9.59 Å². The van der Waals surface area contributed by atoms with Gasteiger partial charge in [-0.05, 0) is 6.07 Å². The summed E-state index contributed by atoms with van der Waals surface area (Å²) in [6.07, 6.45) is 1.58. The van der Waals surface area contributed by atoms with Crippen molar-refractivity contribution in [1.29, 1.82) is 0 Å². The number of anilines is 1. The number of hydrogen-bond acceptors (Lipinski definition) is 6. The van der Waals surface area contributed by atoms with Crippen LogP contribution in [0.2, 0.25) is 0 Å². The van der Waals surface area contributed by atoms with Crippen molar-refractivity contribution in [1.82, 2.24) is 9.88 Å². The summed E-state index contributed by atoms with van der Waals surface area (Å²) >= 11 is 0. The van der Waals surface area contributed by atoms with Gasteiger partial charge in [-0.1, -0.05) is 0 Å². The largest absolute Gasteiger partial charge is 0.481 e. The summed E-state index contributed by atoms with van der Waals surface area (Å²) < 4.78 is 16.1. The molecule has 24 heavy (non-hydrogen) atoms. The summed E-state index contributed by atoms with van der Waals surface area (Å²) in [5.41, 5.74) is -0.309. The molecule has 1 fully saturated rings. The first-order valence-electron chi connectivity index (χ1n) is 7.66. The van der Waals surface area contributed by atoms with E-state index in [-0.39, 0.29) is 24.8 Å². The van der Waals surface area contributed by atoms with Crippen LogP contribution in [0.15, 0.2) is 18.3 Å². The third-order valence-corrected chi connectivity index (χ3v) is 3.94. The van der Waals surface area contributed by atoms with E-state index in [1.54, 1.807) is 17.0 Å². The number of carbonyl (C=O) groups is 2. The first kappa shape index (κ1) is 18.2. The number of amides is 2. The first-order chi connectivity index (χ1) is 11.5. The van der Waals surface area contributed by atoms with Crippen LogP contribution in [-0.4, -0.2) is 67.8 Å². The SMILES string of the molecule is COc1ccc(NC(=O)C[C@@]2(OC)COCCN(C(C)=O)C2)cn1. The molecule has 0 aromatic carbocycles. The molecule has 1 aromatic heterocycles. The Labute approximate surface area is 141 Å². The predicted octanol–water partition coefficient (Wildman–Crippen LogP) is 0.683. The Hall–Kier alpha value is -2.19. The van der Waals surface area contributed by atoms with Crippen molar-refractivity contribution in [2.24, 2.45) is 0 Å². The maximum Gasteiger partial charge on any atom is 0.227 e. The predicted molar refractivity (Wildman–Crippen MR) is 86.8 cm³/mol. The zero-order chi connectivity index (χ0) is 17.6. The third kappa shape index (κ3) is 4.65. The van der Waals surface area contributed by atoms with E-state index in [0.29, 0.717) is 31.3 Å². The van der Waals surface area contributed by atoms with Gasteiger partial charge in [-0.3, -0.25) is 9.59 Å². The average molecular weight is 337 g/mol. The number of ether oxygens (including phenoxy) is 3. The Balaban J connectivity index is 2.03. The van der Waals surface area contributed by atoms with Gasteiger partial charge >= 0.3 is 0 Å². The quantitative estimate of drug-likeness (QED) is 0.850. The second-order valence-corrected chi connectivity index (χ2v) is 5.69. The fourth-order valence-electron chi connectivity index (χ4n) is 2.55. The summed E-state index contributed by atoms with van der Waals surface area (Å²) in [6.45, 7) is 2.97. The Bertz CT molecular complexity index is 578. The van der Waals surface area contributed by atoms with E-state index in [1.165, 1.54) is 27.3 Å². The lowest BCUT2D eigenvalue weighted by atomic mass is 9.99. The lowest BCUT2D eigenvalue weighted by molar-refractivity contribution is -0.137.